The van der Waals surface area contributed by atoms with Crippen LogP contribution in [0.2, 0.25) is 0 Å². The number of ether oxygens (including phenoxy) is 3. The molecule has 0 amide bonds. The third-order valence-electron chi connectivity index (χ3n) is 4.34. The topological polar surface area (TPSA) is 73.9 Å². The molecule has 0 aliphatic carbocycles. The molecule has 26 heavy (non-hydrogen) atoms. The van der Waals surface area contributed by atoms with Crippen molar-refractivity contribution in [3.63, 3.8) is 0 Å². The van der Waals surface area contributed by atoms with E-state index in [9.17, 15) is 8.42 Å². The van der Waals surface area contributed by atoms with Crippen molar-refractivity contribution in [1.29, 1.82) is 0 Å². The van der Waals surface area contributed by atoms with E-state index >= 15 is 0 Å². The number of hydrogen-bond acceptors (Lipinski definition) is 5. The van der Waals surface area contributed by atoms with E-state index < -0.39 is 16.1 Å². The van der Waals surface area contributed by atoms with Gasteiger partial charge in [-0.15, -0.1) is 0 Å². The Morgan fingerprint density at radius 2 is 1.85 bits per heavy atom. The van der Waals surface area contributed by atoms with Gasteiger partial charge in [-0.25, -0.2) is 13.1 Å². The van der Waals surface area contributed by atoms with E-state index in [0.717, 1.165) is 11.1 Å². The van der Waals surface area contributed by atoms with Gasteiger partial charge in [0.1, 0.15) is 19.0 Å². The van der Waals surface area contributed by atoms with Gasteiger partial charge in [-0.05, 0) is 54.8 Å². The lowest BCUT2D eigenvalue weighted by molar-refractivity contribution is 0.171. The van der Waals surface area contributed by atoms with Crippen molar-refractivity contribution in [2.75, 3.05) is 20.3 Å². The van der Waals surface area contributed by atoms with Crippen molar-refractivity contribution < 1.29 is 22.6 Å². The van der Waals surface area contributed by atoms with Crippen molar-refractivity contribution >= 4 is 10.0 Å². The summed E-state index contributed by atoms with van der Waals surface area (Å²) in [4.78, 5) is 0.222. The number of methoxy groups -OCH3 is 1. The molecule has 7 heteroatoms. The summed E-state index contributed by atoms with van der Waals surface area (Å²) in [6.45, 7) is 4.76. The molecular formula is C19H23NO5S. The summed E-state index contributed by atoms with van der Waals surface area (Å²) in [5.74, 6) is 2.00. The largest absolute Gasteiger partial charge is 0.496 e. The molecule has 1 aliphatic rings. The molecule has 3 rings (SSSR count). The van der Waals surface area contributed by atoms with Gasteiger partial charge in [0.15, 0.2) is 11.5 Å². The summed E-state index contributed by atoms with van der Waals surface area (Å²) < 4.78 is 44.6. The van der Waals surface area contributed by atoms with Crippen LogP contribution >= 0.6 is 0 Å². The van der Waals surface area contributed by atoms with Crippen molar-refractivity contribution in [3.05, 3.63) is 47.5 Å². The molecule has 2 aromatic rings. The summed E-state index contributed by atoms with van der Waals surface area (Å²) in [6.07, 6.45) is 0.685. The molecule has 1 atom stereocenters. The molecule has 0 spiro atoms. The molecule has 0 saturated carbocycles. The van der Waals surface area contributed by atoms with E-state index in [-0.39, 0.29) is 4.90 Å². The third kappa shape index (κ3) is 3.78. The molecule has 1 heterocycles. The zero-order chi connectivity index (χ0) is 18.7. The first-order chi connectivity index (χ1) is 12.4. The second-order valence-electron chi connectivity index (χ2n) is 6.07. The molecule has 140 valence electrons. The van der Waals surface area contributed by atoms with E-state index in [1.165, 1.54) is 0 Å². The summed E-state index contributed by atoms with van der Waals surface area (Å²) in [5.41, 5.74) is 1.66. The first kappa shape index (κ1) is 18.5. The van der Waals surface area contributed by atoms with E-state index in [1.807, 2.05) is 19.1 Å². The number of hydrogen-bond donors (Lipinski definition) is 1. The van der Waals surface area contributed by atoms with Gasteiger partial charge in [0.2, 0.25) is 10.0 Å². The number of aryl methyl sites for hydroxylation is 1. The molecule has 0 saturated heterocycles. The number of fused-ring (bicyclic) bond motifs is 1. The Hall–Kier alpha value is -2.25. The van der Waals surface area contributed by atoms with E-state index in [4.69, 9.17) is 14.2 Å². The molecular weight excluding hydrogens is 354 g/mol. The van der Waals surface area contributed by atoms with Crippen LogP contribution < -0.4 is 18.9 Å². The number of rotatable bonds is 6. The average molecular weight is 377 g/mol. The summed E-state index contributed by atoms with van der Waals surface area (Å²) >= 11 is 0. The van der Waals surface area contributed by atoms with Gasteiger partial charge in [-0.2, -0.15) is 0 Å². The molecule has 0 unspecified atom stereocenters. The number of sulfonamides is 1. The monoisotopic (exact) mass is 377 g/mol. The highest BCUT2D eigenvalue weighted by atomic mass is 32.2. The zero-order valence-corrected chi connectivity index (χ0v) is 15.9. The Kier molecular flexibility index (Phi) is 5.38. The minimum absolute atomic E-state index is 0.222. The summed E-state index contributed by atoms with van der Waals surface area (Å²) in [6, 6.07) is 9.93. The van der Waals surface area contributed by atoms with Gasteiger partial charge in [0.25, 0.3) is 0 Å². The molecule has 0 fully saturated rings. The molecule has 2 aromatic carbocycles. The molecule has 0 aromatic heterocycles. The van der Waals surface area contributed by atoms with Gasteiger partial charge >= 0.3 is 0 Å². The van der Waals surface area contributed by atoms with Crippen LogP contribution in [0.3, 0.4) is 0 Å². The minimum atomic E-state index is -3.66. The predicted molar refractivity (Wildman–Crippen MR) is 98.5 cm³/mol. The Morgan fingerprint density at radius 3 is 2.54 bits per heavy atom. The molecule has 1 N–H and O–H groups in total. The zero-order valence-electron chi connectivity index (χ0n) is 15.1. The fraction of sp³-hybridized carbons (Fsp3) is 0.368. The maximum atomic E-state index is 12.8. The summed E-state index contributed by atoms with van der Waals surface area (Å²) in [7, 11) is -2.09. The highest BCUT2D eigenvalue weighted by Crippen LogP contribution is 2.33. The maximum Gasteiger partial charge on any atom is 0.241 e. The highest BCUT2D eigenvalue weighted by Gasteiger charge is 2.21. The SMILES string of the molecule is CCc1cc(S(=O)(=O)N[C@@H](C)c2ccc3c(c2)OCCO3)ccc1OC. The Morgan fingerprint density at radius 1 is 1.12 bits per heavy atom. The van der Waals surface area contributed by atoms with Crippen LogP contribution in [0.5, 0.6) is 17.2 Å². The molecule has 6 nitrogen and oxygen atoms in total. The van der Waals surface area contributed by atoms with Crippen LogP contribution in [0, 0.1) is 0 Å². The Labute approximate surface area is 154 Å². The van der Waals surface area contributed by atoms with Crippen LogP contribution in [-0.2, 0) is 16.4 Å². The number of nitrogens with one attached hydrogen (secondary N) is 1. The molecule has 0 radical (unpaired) electrons. The van der Waals surface area contributed by atoms with Gasteiger partial charge < -0.3 is 14.2 Å². The van der Waals surface area contributed by atoms with E-state index in [2.05, 4.69) is 4.72 Å². The lowest BCUT2D eigenvalue weighted by Gasteiger charge is -2.21. The maximum absolute atomic E-state index is 12.8. The van der Waals surface area contributed by atoms with E-state index in [1.54, 1.807) is 38.3 Å². The Balaban J connectivity index is 1.83. The lowest BCUT2D eigenvalue weighted by Crippen LogP contribution is -2.27. The third-order valence-corrected chi connectivity index (χ3v) is 5.88. The van der Waals surface area contributed by atoms with Crippen LogP contribution in [0.4, 0.5) is 0 Å². The summed E-state index contributed by atoms with van der Waals surface area (Å²) in [5, 5.41) is 0. The molecule has 1 aliphatic heterocycles. The van der Waals surface area contributed by atoms with Crippen LogP contribution in [0.1, 0.15) is 31.0 Å². The smallest absolute Gasteiger partial charge is 0.241 e. The second-order valence-corrected chi connectivity index (χ2v) is 7.79. The van der Waals surface area contributed by atoms with Crippen molar-refractivity contribution in [3.8, 4) is 17.2 Å². The first-order valence-electron chi connectivity index (χ1n) is 8.53. The fourth-order valence-corrected chi connectivity index (χ4v) is 4.18. The standard InChI is InChI=1S/C19H23NO5S/c1-4-14-11-16(6-8-17(14)23-3)26(21,22)20-13(2)15-5-7-18-19(12-15)25-10-9-24-18/h5-8,11-13,20H,4,9-10H2,1-3H3/t13-/m0/s1. The normalized spacial score (nSPS) is 14.7. The highest BCUT2D eigenvalue weighted by molar-refractivity contribution is 7.89. The van der Waals surface area contributed by atoms with Gasteiger partial charge in [-0.3, -0.25) is 0 Å². The fourth-order valence-electron chi connectivity index (χ4n) is 2.90. The van der Waals surface area contributed by atoms with Crippen molar-refractivity contribution in [2.24, 2.45) is 0 Å². The first-order valence-corrected chi connectivity index (χ1v) is 10.0. The van der Waals surface area contributed by atoms with Gasteiger partial charge in [0.05, 0.1) is 12.0 Å². The quantitative estimate of drug-likeness (QED) is 0.837. The average Bonchev–Trinajstić information content (AvgIpc) is 2.66. The predicted octanol–water partition coefficient (Wildman–Crippen LogP) is 3.07. The molecule has 0 bridgehead atoms. The van der Waals surface area contributed by atoms with Gasteiger partial charge in [-0.1, -0.05) is 13.0 Å². The van der Waals surface area contributed by atoms with Crippen LogP contribution in [-0.4, -0.2) is 28.7 Å². The van der Waals surface area contributed by atoms with Crippen LogP contribution in [0.25, 0.3) is 0 Å². The second kappa shape index (κ2) is 7.55. The Bertz CT molecular complexity index is 895. The van der Waals surface area contributed by atoms with Crippen molar-refractivity contribution in [1.82, 2.24) is 4.72 Å². The number of benzene rings is 2. The van der Waals surface area contributed by atoms with Crippen LogP contribution in [0.15, 0.2) is 41.3 Å². The van der Waals surface area contributed by atoms with Gasteiger partial charge in [0, 0.05) is 6.04 Å². The lowest BCUT2D eigenvalue weighted by atomic mass is 10.1. The van der Waals surface area contributed by atoms with E-state index in [0.29, 0.717) is 36.9 Å². The minimum Gasteiger partial charge on any atom is -0.496 e. The van der Waals surface area contributed by atoms with Crippen molar-refractivity contribution in [2.45, 2.75) is 31.2 Å².